The number of hydrogen-bond donors (Lipinski definition) is 0. The second-order valence-corrected chi connectivity index (χ2v) is 5.48. The van der Waals surface area contributed by atoms with Crippen molar-refractivity contribution in [2.45, 2.75) is 73.6 Å². The standard InChI is InChI=1S/C14H30/c1-7-10-14(6,9-3)11-13(5)12(4)8-2/h12-13H,7-11H2,1-6H3. The summed E-state index contributed by atoms with van der Waals surface area (Å²) in [5, 5.41) is 0. The fourth-order valence-corrected chi connectivity index (χ4v) is 2.41. The lowest BCUT2D eigenvalue weighted by Crippen LogP contribution is -2.21. The van der Waals surface area contributed by atoms with Crippen LogP contribution in [0.2, 0.25) is 0 Å². The van der Waals surface area contributed by atoms with Crippen molar-refractivity contribution >= 4 is 0 Å². The molecule has 0 aliphatic rings. The van der Waals surface area contributed by atoms with Gasteiger partial charge in [0.25, 0.3) is 0 Å². The first-order valence-electron chi connectivity index (χ1n) is 6.49. The Morgan fingerprint density at radius 2 is 1.57 bits per heavy atom. The van der Waals surface area contributed by atoms with Crippen LogP contribution in [-0.4, -0.2) is 0 Å². The van der Waals surface area contributed by atoms with E-state index in [0.717, 1.165) is 11.8 Å². The van der Waals surface area contributed by atoms with E-state index >= 15 is 0 Å². The summed E-state index contributed by atoms with van der Waals surface area (Å²) in [5.41, 5.74) is 0.595. The Kier molecular flexibility index (Phi) is 6.48. The van der Waals surface area contributed by atoms with Crippen LogP contribution in [0.4, 0.5) is 0 Å². The molecule has 14 heavy (non-hydrogen) atoms. The highest BCUT2D eigenvalue weighted by molar-refractivity contribution is 4.76. The van der Waals surface area contributed by atoms with Crippen LogP contribution in [0.15, 0.2) is 0 Å². The maximum Gasteiger partial charge on any atom is -0.0326 e. The molecule has 0 aromatic carbocycles. The zero-order chi connectivity index (χ0) is 11.2. The maximum atomic E-state index is 2.47. The molecule has 0 aliphatic heterocycles. The van der Waals surface area contributed by atoms with E-state index in [-0.39, 0.29) is 0 Å². The van der Waals surface area contributed by atoms with E-state index in [0.29, 0.717) is 5.41 Å². The molecule has 0 nitrogen and oxygen atoms in total. The summed E-state index contributed by atoms with van der Waals surface area (Å²) in [6, 6.07) is 0. The van der Waals surface area contributed by atoms with Gasteiger partial charge >= 0.3 is 0 Å². The van der Waals surface area contributed by atoms with E-state index < -0.39 is 0 Å². The lowest BCUT2D eigenvalue weighted by Gasteiger charge is -2.33. The van der Waals surface area contributed by atoms with Crippen LogP contribution < -0.4 is 0 Å². The van der Waals surface area contributed by atoms with Crippen LogP contribution in [0.3, 0.4) is 0 Å². The first-order valence-corrected chi connectivity index (χ1v) is 6.49. The normalized spacial score (nSPS) is 20.1. The van der Waals surface area contributed by atoms with E-state index in [2.05, 4.69) is 41.5 Å². The highest BCUT2D eigenvalue weighted by Gasteiger charge is 2.25. The molecule has 0 fully saturated rings. The average molecular weight is 198 g/mol. The molecule has 0 aromatic rings. The largest absolute Gasteiger partial charge is 0.0654 e. The van der Waals surface area contributed by atoms with Crippen molar-refractivity contribution in [2.24, 2.45) is 17.3 Å². The van der Waals surface area contributed by atoms with Crippen LogP contribution in [0, 0.1) is 17.3 Å². The van der Waals surface area contributed by atoms with E-state index in [1.54, 1.807) is 0 Å². The van der Waals surface area contributed by atoms with Crippen molar-refractivity contribution in [1.29, 1.82) is 0 Å². The lowest BCUT2D eigenvalue weighted by molar-refractivity contribution is 0.183. The van der Waals surface area contributed by atoms with Gasteiger partial charge in [0, 0.05) is 0 Å². The summed E-state index contributed by atoms with van der Waals surface area (Å²) in [7, 11) is 0. The van der Waals surface area contributed by atoms with Gasteiger partial charge in [-0.2, -0.15) is 0 Å². The molecule has 0 aromatic heterocycles. The minimum absolute atomic E-state index is 0.595. The Labute approximate surface area is 91.5 Å². The van der Waals surface area contributed by atoms with Gasteiger partial charge in [-0.25, -0.2) is 0 Å². The summed E-state index contributed by atoms with van der Waals surface area (Å²) in [6.45, 7) is 14.3. The van der Waals surface area contributed by atoms with E-state index in [1.165, 1.54) is 32.1 Å². The summed E-state index contributed by atoms with van der Waals surface area (Å²) in [5.74, 6) is 1.77. The quantitative estimate of drug-likeness (QED) is 0.522. The van der Waals surface area contributed by atoms with Crippen molar-refractivity contribution in [3.8, 4) is 0 Å². The molecule has 0 saturated heterocycles. The Morgan fingerprint density at radius 1 is 1.00 bits per heavy atom. The zero-order valence-corrected chi connectivity index (χ0v) is 11.2. The van der Waals surface area contributed by atoms with Crippen molar-refractivity contribution in [3.05, 3.63) is 0 Å². The van der Waals surface area contributed by atoms with Gasteiger partial charge in [0.05, 0.1) is 0 Å². The fraction of sp³-hybridized carbons (Fsp3) is 1.00. The molecule has 3 unspecified atom stereocenters. The Balaban J connectivity index is 4.15. The topological polar surface area (TPSA) is 0 Å². The van der Waals surface area contributed by atoms with Gasteiger partial charge in [-0.1, -0.05) is 60.8 Å². The van der Waals surface area contributed by atoms with Gasteiger partial charge in [0.2, 0.25) is 0 Å². The molecule has 0 amide bonds. The molecule has 0 saturated carbocycles. The lowest BCUT2D eigenvalue weighted by atomic mass is 9.73. The van der Waals surface area contributed by atoms with E-state index in [9.17, 15) is 0 Å². The summed E-state index contributed by atoms with van der Waals surface area (Å²) < 4.78 is 0. The van der Waals surface area contributed by atoms with Gasteiger partial charge in [-0.3, -0.25) is 0 Å². The Hall–Kier alpha value is 0. The molecule has 0 aliphatic carbocycles. The number of rotatable bonds is 7. The van der Waals surface area contributed by atoms with E-state index in [1.807, 2.05) is 0 Å². The molecule has 86 valence electrons. The third-order valence-corrected chi connectivity index (χ3v) is 4.14. The summed E-state index contributed by atoms with van der Waals surface area (Å²) in [6.07, 6.45) is 6.79. The number of hydrogen-bond acceptors (Lipinski definition) is 0. The van der Waals surface area contributed by atoms with Crippen LogP contribution in [0.25, 0.3) is 0 Å². The van der Waals surface area contributed by atoms with Crippen molar-refractivity contribution in [1.82, 2.24) is 0 Å². The smallest absolute Gasteiger partial charge is 0.0326 e. The maximum absolute atomic E-state index is 2.47. The van der Waals surface area contributed by atoms with Crippen LogP contribution in [0.1, 0.15) is 73.6 Å². The monoisotopic (exact) mass is 198 g/mol. The van der Waals surface area contributed by atoms with Crippen LogP contribution in [0.5, 0.6) is 0 Å². The second kappa shape index (κ2) is 6.48. The SMILES string of the molecule is CCCC(C)(CC)CC(C)C(C)CC. The second-order valence-electron chi connectivity index (χ2n) is 5.48. The average Bonchev–Trinajstić information content (AvgIpc) is 2.16. The first kappa shape index (κ1) is 14.0. The molecule has 0 N–H and O–H groups in total. The van der Waals surface area contributed by atoms with E-state index in [4.69, 9.17) is 0 Å². The van der Waals surface area contributed by atoms with Crippen molar-refractivity contribution < 1.29 is 0 Å². The molecular weight excluding hydrogens is 168 g/mol. The van der Waals surface area contributed by atoms with Gasteiger partial charge in [0.15, 0.2) is 0 Å². The summed E-state index contributed by atoms with van der Waals surface area (Å²) in [4.78, 5) is 0. The molecule has 0 spiro atoms. The third-order valence-electron chi connectivity index (χ3n) is 4.14. The van der Waals surface area contributed by atoms with Crippen molar-refractivity contribution in [3.63, 3.8) is 0 Å². The van der Waals surface area contributed by atoms with Crippen LogP contribution >= 0.6 is 0 Å². The molecule has 0 heteroatoms. The highest BCUT2D eigenvalue weighted by atomic mass is 14.3. The van der Waals surface area contributed by atoms with Crippen molar-refractivity contribution in [2.75, 3.05) is 0 Å². The molecule has 0 radical (unpaired) electrons. The zero-order valence-electron chi connectivity index (χ0n) is 11.2. The minimum Gasteiger partial charge on any atom is -0.0654 e. The Morgan fingerprint density at radius 3 is 1.93 bits per heavy atom. The van der Waals surface area contributed by atoms with Gasteiger partial charge < -0.3 is 0 Å². The van der Waals surface area contributed by atoms with Crippen LogP contribution in [-0.2, 0) is 0 Å². The summed E-state index contributed by atoms with van der Waals surface area (Å²) >= 11 is 0. The molecule has 0 rings (SSSR count). The third kappa shape index (κ3) is 4.48. The van der Waals surface area contributed by atoms with Gasteiger partial charge in [-0.05, 0) is 30.1 Å². The minimum atomic E-state index is 0.595. The molecular formula is C14H30. The molecule has 0 heterocycles. The van der Waals surface area contributed by atoms with Gasteiger partial charge in [-0.15, -0.1) is 0 Å². The molecule has 0 bridgehead atoms. The first-order chi connectivity index (χ1) is 6.49. The fourth-order valence-electron chi connectivity index (χ4n) is 2.41. The van der Waals surface area contributed by atoms with Gasteiger partial charge in [0.1, 0.15) is 0 Å². The predicted molar refractivity (Wildman–Crippen MR) is 66.5 cm³/mol. The molecule has 3 atom stereocenters. The predicted octanol–water partition coefficient (Wildman–Crippen LogP) is 5.28. The highest BCUT2D eigenvalue weighted by Crippen LogP contribution is 2.37. The Bertz CT molecular complexity index is 139.